The minimum Gasteiger partial charge on any atom is -0.490 e. The molecule has 2 aromatic carbocycles. The van der Waals surface area contributed by atoms with Crippen molar-refractivity contribution in [3.63, 3.8) is 0 Å². The molecule has 0 aliphatic carbocycles. The number of carbonyl (C=O) groups is 1. The summed E-state index contributed by atoms with van der Waals surface area (Å²) in [7, 11) is 0. The second-order valence-corrected chi connectivity index (χ2v) is 4.56. The summed E-state index contributed by atoms with van der Waals surface area (Å²) in [4.78, 5) is 10.8. The maximum absolute atomic E-state index is 10.8. The van der Waals surface area contributed by atoms with Crippen molar-refractivity contribution in [3.05, 3.63) is 59.7 Å². The second-order valence-electron chi connectivity index (χ2n) is 4.56. The number of carboxylic acids is 1. The SMILES string of the molecule is CCOc1cc(CC(=O)O)ccc1OCc1ccccc1. The Hall–Kier alpha value is -2.49. The summed E-state index contributed by atoms with van der Waals surface area (Å²) in [5.41, 5.74) is 1.76. The third kappa shape index (κ3) is 4.53. The van der Waals surface area contributed by atoms with Gasteiger partial charge in [-0.1, -0.05) is 36.4 Å². The van der Waals surface area contributed by atoms with Crippen molar-refractivity contribution in [2.45, 2.75) is 20.0 Å². The van der Waals surface area contributed by atoms with E-state index < -0.39 is 5.97 Å². The van der Waals surface area contributed by atoms with E-state index in [4.69, 9.17) is 14.6 Å². The van der Waals surface area contributed by atoms with Crippen LogP contribution < -0.4 is 9.47 Å². The molecule has 4 heteroatoms. The Labute approximate surface area is 123 Å². The summed E-state index contributed by atoms with van der Waals surface area (Å²) in [6, 6.07) is 15.1. The molecule has 0 aromatic heterocycles. The molecule has 0 radical (unpaired) electrons. The molecular weight excluding hydrogens is 268 g/mol. The number of hydrogen-bond acceptors (Lipinski definition) is 3. The lowest BCUT2D eigenvalue weighted by molar-refractivity contribution is -0.136. The minimum atomic E-state index is -0.865. The molecule has 0 spiro atoms. The van der Waals surface area contributed by atoms with Gasteiger partial charge >= 0.3 is 5.97 Å². The smallest absolute Gasteiger partial charge is 0.307 e. The summed E-state index contributed by atoms with van der Waals surface area (Å²) in [5.74, 6) is 0.331. The van der Waals surface area contributed by atoms with Crippen LogP contribution in [0.15, 0.2) is 48.5 Å². The van der Waals surface area contributed by atoms with Crippen molar-refractivity contribution >= 4 is 5.97 Å². The molecule has 21 heavy (non-hydrogen) atoms. The van der Waals surface area contributed by atoms with E-state index in [1.807, 2.05) is 37.3 Å². The van der Waals surface area contributed by atoms with Crippen LogP contribution >= 0.6 is 0 Å². The van der Waals surface area contributed by atoms with Gasteiger partial charge in [0.1, 0.15) is 6.61 Å². The van der Waals surface area contributed by atoms with Crippen LogP contribution in [-0.2, 0) is 17.8 Å². The third-order valence-corrected chi connectivity index (χ3v) is 2.90. The van der Waals surface area contributed by atoms with Crippen LogP contribution in [0.25, 0.3) is 0 Å². The first-order chi connectivity index (χ1) is 10.2. The normalized spacial score (nSPS) is 10.1. The molecule has 110 valence electrons. The van der Waals surface area contributed by atoms with Crippen LogP contribution in [0.1, 0.15) is 18.1 Å². The molecule has 0 heterocycles. The standard InChI is InChI=1S/C17H18O4/c1-2-20-16-10-14(11-17(18)19)8-9-15(16)21-12-13-6-4-3-5-7-13/h3-10H,2,11-12H2,1H3,(H,18,19). The lowest BCUT2D eigenvalue weighted by atomic mass is 10.1. The number of carboxylic acid groups (broad SMARTS) is 1. The highest BCUT2D eigenvalue weighted by molar-refractivity contribution is 5.70. The van der Waals surface area contributed by atoms with Gasteiger partial charge in [-0.15, -0.1) is 0 Å². The fourth-order valence-electron chi connectivity index (χ4n) is 1.96. The first kappa shape index (κ1) is 14.9. The van der Waals surface area contributed by atoms with Crippen molar-refractivity contribution in [2.24, 2.45) is 0 Å². The first-order valence-corrected chi connectivity index (χ1v) is 6.83. The van der Waals surface area contributed by atoms with Crippen LogP contribution in [0, 0.1) is 0 Å². The van der Waals surface area contributed by atoms with Crippen molar-refractivity contribution in [2.75, 3.05) is 6.61 Å². The predicted octanol–water partition coefficient (Wildman–Crippen LogP) is 3.29. The van der Waals surface area contributed by atoms with Gasteiger partial charge in [0.25, 0.3) is 0 Å². The Balaban J connectivity index is 2.12. The van der Waals surface area contributed by atoms with Gasteiger partial charge in [-0.25, -0.2) is 0 Å². The maximum atomic E-state index is 10.8. The number of aliphatic carboxylic acids is 1. The summed E-state index contributed by atoms with van der Waals surface area (Å²) < 4.78 is 11.3. The van der Waals surface area contributed by atoms with Gasteiger partial charge in [-0.3, -0.25) is 4.79 Å². The summed E-state index contributed by atoms with van der Waals surface area (Å²) in [5, 5.41) is 8.84. The molecule has 0 aliphatic heterocycles. The molecule has 2 rings (SSSR count). The highest BCUT2D eigenvalue weighted by atomic mass is 16.5. The molecular formula is C17H18O4. The molecule has 0 atom stereocenters. The second kappa shape index (κ2) is 7.33. The molecule has 0 saturated heterocycles. The van der Waals surface area contributed by atoms with Crippen molar-refractivity contribution in [3.8, 4) is 11.5 Å². The highest BCUT2D eigenvalue weighted by Crippen LogP contribution is 2.29. The summed E-state index contributed by atoms with van der Waals surface area (Å²) in [6.07, 6.45) is -0.0287. The minimum absolute atomic E-state index is 0.0287. The van der Waals surface area contributed by atoms with E-state index in [1.54, 1.807) is 18.2 Å². The van der Waals surface area contributed by atoms with Crippen molar-refractivity contribution in [1.82, 2.24) is 0 Å². The maximum Gasteiger partial charge on any atom is 0.307 e. The van der Waals surface area contributed by atoms with Crippen LogP contribution in [0.3, 0.4) is 0 Å². The van der Waals surface area contributed by atoms with Crippen molar-refractivity contribution < 1.29 is 19.4 Å². The van der Waals surface area contributed by atoms with E-state index >= 15 is 0 Å². The van der Waals surface area contributed by atoms with Gasteiger partial charge in [0.2, 0.25) is 0 Å². The topological polar surface area (TPSA) is 55.8 Å². The quantitative estimate of drug-likeness (QED) is 0.848. The lowest BCUT2D eigenvalue weighted by Gasteiger charge is -2.13. The van der Waals surface area contributed by atoms with E-state index in [0.717, 1.165) is 5.56 Å². The number of benzene rings is 2. The zero-order chi connectivity index (χ0) is 15.1. The average molecular weight is 286 g/mol. The predicted molar refractivity (Wildman–Crippen MR) is 79.7 cm³/mol. The average Bonchev–Trinajstić information content (AvgIpc) is 2.47. The molecule has 0 aliphatic rings. The van der Waals surface area contributed by atoms with Crippen LogP contribution in [-0.4, -0.2) is 17.7 Å². The first-order valence-electron chi connectivity index (χ1n) is 6.83. The van der Waals surface area contributed by atoms with Crippen LogP contribution in [0.5, 0.6) is 11.5 Å². The summed E-state index contributed by atoms with van der Waals surface area (Å²) in [6.45, 7) is 2.82. The van der Waals surface area contributed by atoms with Gasteiger partial charge in [-0.05, 0) is 30.2 Å². The van der Waals surface area contributed by atoms with Gasteiger partial charge in [0, 0.05) is 0 Å². The Morgan fingerprint density at radius 1 is 1.00 bits per heavy atom. The fraction of sp³-hybridized carbons (Fsp3) is 0.235. The van der Waals surface area contributed by atoms with Gasteiger partial charge in [0.05, 0.1) is 13.0 Å². The molecule has 2 aromatic rings. The molecule has 1 N–H and O–H groups in total. The van der Waals surface area contributed by atoms with E-state index in [1.165, 1.54) is 0 Å². The Morgan fingerprint density at radius 2 is 1.76 bits per heavy atom. The Bertz CT molecular complexity index is 593. The van der Waals surface area contributed by atoms with E-state index in [0.29, 0.717) is 30.3 Å². The molecule has 0 bridgehead atoms. The van der Waals surface area contributed by atoms with E-state index in [2.05, 4.69) is 0 Å². The van der Waals surface area contributed by atoms with E-state index in [9.17, 15) is 4.79 Å². The molecule has 0 amide bonds. The monoisotopic (exact) mass is 286 g/mol. The molecule has 4 nitrogen and oxygen atoms in total. The van der Waals surface area contributed by atoms with Crippen LogP contribution in [0.4, 0.5) is 0 Å². The number of ether oxygens (including phenoxy) is 2. The summed E-state index contributed by atoms with van der Waals surface area (Å²) >= 11 is 0. The largest absolute Gasteiger partial charge is 0.490 e. The fourth-order valence-corrected chi connectivity index (χ4v) is 1.96. The van der Waals surface area contributed by atoms with Crippen LogP contribution in [0.2, 0.25) is 0 Å². The molecule has 0 saturated carbocycles. The van der Waals surface area contributed by atoms with Crippen molar-refractivity contribution in [1.29, 1.82) is 0 Å². The Morgan fingerprint density at radius 3 is 2.43 bits per heavy atom. The third-order valence-electron chi connectivity index (χ3n) is 2.90. The molecule has 0 fully saturated rings. The van der Waals surface area contributed by atoms with Gasteiger partial charge < -0.3 is 14.6 Å². The molecule has 0 unspecified atom stereocenters. The zero-order valence-corrected chi connectivity index (χ0v) is 11.9. The lowest BCUT2D eigenvalue weighted by Crippen LogP contribution is -2.03. The number of rotatable bonds is 7. The van der Waals surface area contributed by atoms with E-state index in [-0.39, 0.29) is 6.42 Å². The number of hydrogen-bond donors (Lipinski definition) is 1. The zero-order valence-electron chi connectivity index (χ0n) is 11.9. The van der Waals surface area contributed by atoms with Gasteiger partial charge in [-0.2, -0.15) is 0 Å². The Kier molecular flexibility index (Phi) is 5.21. The highest BCUT2D eigenvalue weighted by Gasteiger charge is 2.09. The van der Waals surface area contributed by atoms with Gasteiger partial charge in [0.15, 0.2) is 11.5 Å².